The first kappa shape index (κ1) is 19.2. The van der Waals surface area contributed by atoms with Crippen LogP contribution in [0.2, 0.25) is 0 Å². The van der Waals surface area contributed by atoms with Gasteiger partial charge in [-0.15, -0.1) is 0 Å². The van der Waals surface area contributed by atoms with Gasteiger partial charge in [0, 0.05) is 36.0 Å². The second-order valence-electron chi connectivity index (χ2n) is 8.82. The summed E-state index contributed by atoms with van der Waals surface area (Å²) < 4.78 is 7.25. The Labute approximate surface area is 177 Å². The van der Waals surface area contributed by atoms with E-state index in [0.717, 1.165) is 11.3 Å². The molecule has 0 amide bonds. The van der Waals surface area contributed by atoms with Gasteiger partial charge in [-0.1, -0.05) is 19.3 Å². The van der Waals surface area contributed by atoms with Crippen molar-refractivity contribution in [2.45, 2.75) is 56.8 Å². The summed E-state index contributed by atoms with van der Waals surface area (Å²) in [5, 5.41) is 4.68. The zero-order valence-corrected chi connectivity index (χ0v) is 17.8. The maximum Gasteiger partial charge on any atom is 0.341 e. The Bertz CT molecular complexity index is 1090. The molecule has 2 aromatic heterocycles. The maximum atomic E-state index is 12.4. The Morgan fingerprint density at radius 2 is 1.90 bits per heavy atom. The molecule has 30 heavy (non-hydrogen) atoms. The van der Waals surface area contributed by atoms with E-state index in [1.54, 1.807) is 0 Å². The highest BCUT2D eigenvalue weighted by atomic mass is 16.5. The predicted octanol–water partition coefficient (Wildman–Crippen LogP) is 6.03. The molecule has 0 radical (unpaired) electrons. The number of esters is 1. The van der Waals surface area contributed by atoms with E-state index in [4.69, 9.17) is 4.74 Å². The molecule has 1 N–H and O–H groups in total. The Hall–Kier alpha value is -2.82. The van der Waals surface area contributed by atoms with Crippen molar-refractivity contribution < 1.29 is 9.53 Å². The third kappa shape index (κ3) is 3.57. The molecule has 0 spiro atoms. The molecule has 0 saturated heterocycles. The van der Waals surface area contributed by atoms with E-state index >= 15 is 0 Å². The van der Waals surface area contributed by atoms with Crippen molar-refractivity contribution in [3.05, 3.63) is 53.3 Å². The molecule has 2 aliphatic rings. The summed E-state index contributed by atoms with van der Waals surface area (Å²) in [4.78, 5) is 17.0. The number of benzene rings is 1. The first-order valence-corrected chi connectivity index (χ1v) is 11.1. The van der Waals surface area contributed by atoms with E-state index in [0.29, 0.717) is 23.2 Å². The van der Waals surface area contributed by atoms with Crippen LogP contribution in [0, 0.1) is 0 Å². The lowest BCUT2D eigenvalue weighted by Crippen LogP contribution is -2.08. The molecule has 0 atom stereocenters. The molecular weight excluding hydrogens is 374 g/mol. The zero-order chi connectivity index (χ0) is 20.7. The number of anilines is 2. The largest absolute Gasteiger partial charge is 0.465 e. The number of hydrogen-bond acceptors (Lipinski definition) is 4. The van der Waals surface area contributed by atoms with E-state index in [-0.39, 0.29) is 5.97 Å². The fraction of sp³-hybridized carbons (Fsp3) is 0.440. The number of aryl methyl sites for hydroxylation is 1. The lowest BCUT2D eigenvalue weighted by Gasteiger charge is -2.21. The number of aromatic nitrogens is 2. The van der Waals surface area contributed by atoms with Crippen molar-refractivity contribution in [3.63, 3.8) is 0 Å². The van der Waals surface area contributed by atoms with E-state index in [1.807, 2.05) is 12.3 Å². The molecule has 5 rings (SSSR count). The van der Waals surface area contributed by atoms with E-state index in [1.165, 1.54) is 68.5 Å². The Morgan fingerprint density at radius 1 is 1.10 bits per heavy atom. The Kier molecular flexibility index (Phi) is 4.97. The van der Waals surface area contributed by atoms with Crippen LogP contribution in [0.1, 0.15) is 78.3 Å². The molecular formula is C25H29N3O2. The van der Waals surface area contributed by atoms with Crippen molar-refractivity contribution >= 4 is 28.4 Å². The van der Waals surface area contributed by atoms with Crippen LogP contribution in [0.15, 0.2) is 36.7 Å². The SMILES string of the molecule is COC(=O)c1cc(C2CC2)cnc1Nc1ccc2c(c1)c(C1CCCCC1)cn2C. The summed E-state index contributed by atoms with van der Waals surface area (Å²) in [5.41, 5.74) is 5.26. The smallest absolute Gasteiger partial charge is 0.341 e. The summed E-state index contributed by atoms with van der Waals surface area (Å²) in [6.45, 7) is 0. The predicted molar refractivity (Wildman–Crippen MR) is 120 cm³/mol. The van der Waals surface area contributed by atoms with Gasteiger partial charge >= 0.3 is 5.97 Å². The normalized spacial score (nSPS) is 17.3. The lowest BCUT2D eigenvalue weighted by molar-refractivity contribution is 0.0601. The van der Waals surface area contributed by atoms with Gasteiger partial charge in [-0.25, -0.2) is 9.78 Å². The number of carbonyl (C=O) groups is 1. The number of carbonyl (C=O) groups excluding carboxylic acids is 1. The fourth-order valence-electron chi connectivity index (χ4n) is 4.86. The Morgan fingerprint density at radius 3 is 2.63 bits per heavy atom. The first-order valence-electron chi connectivity index (χ1n) is 11.1. The number of pyridine rings is 1. The monoisotopic (exact) mass is 403 g/mol. The maximum absolute atomic E-state index is 12.4. The molecule has 3 aromatic rings. The Balaban J connectivity index is 1.50. The van der Waals surface area contributed by atoms with Gasteiger partial charge in [0.2, 0.25) is 0 Å². The summed E-state index contributed by atoms with van der Waals surface area (Å²) in [5.74, 6) is 1.38. The van der Waals surface area contributed by atoms with Crippen LogP contribution in [0.4, 0.5) is 11.5 Å². The average Bonchev–Trinajstić information content (AvgIpc) is 3.58. The van der Waals surface area contributed by atoms with Crippen molar-refractivity contribution in [1.29, 1.82) is 0 Å². The number of methoxy groups -OCH3 is 1. The van der Waals surface area contributed by atoms with Crippen LogP contribution < -0.4 is 5.32 Å². The zero-order valence-electron chi connectivity index (χ0n) is 17.8. The third-order valence-electron chi connectivity index (χ3n) is 6.69. The molecule has 1 aromatic carbocycles. The van der Waals surface area contributed by atoms with Gasteiger partial charge in [-0.05, 0) is 72.9 Å². The first-order chi connectivity index (χ1) is 14.6. The van der Waals surface area contributed by atoms with Crippen LogP contribution in [0.3, 0.4) is 0 Å². The summed E-state index contributed by atoms with van der Waals surface area (Å²) >= 11 is 0. The highest BCUT2D eigenvalue weighted by Crippen LogP contribution is 2.41. The van der Waals surface area contributed by atoms with Crippen LogP contribution in [0.25, 0.3) is 10.9 Å². The molecule has 0 aliphatic heterocycles. The number of nitrogens with one attached hydrogen (secondary N) is 1. The van der Waals surface area contributed by atoms with E-state index in [2.05, 4.69) is 46.3 Å². The average molecular weight is 404 g/mol. The minimum Gasteiger partial charge on any atom is -0.465 e. The molecule has 0 bridgehead atoms. The second kappa shape index (κ2) is 7.78. The topological polar surface area (TPSA) is 56.1 Å². The molecule has 2 aliphatic carbocycles. The molecule has 2 heterocycles. The molecule has 5 nitrogen and oxygen atoms in total. The molecule has 5 heteroatoms. The second-order valence-corrected chi connectivity index (χ2v) is 8.82. The summed E-state index contributed by atoms with van der Waals surface area (Å²) in [7, 11) is 3.54. The number of fused-ring (bicyclic) bond motifs is 1. The number of rotatable bonds is 5. The molecule has 156 valence electrons. The molecule has 0 unspecified atom stereocenters. The number of hydrogen-bond donors (Lipinski definition) is 1. The van der Waals surface area contributed by atoms with E-state index < -0.39 is 0 Å². The van der Waals surface area contributed by atoms with Crippen LogP contribution in [-0.2, 0) is 11.8 Å². The molecule has 2 saturated carbocycles. The van der Waals surface area contributed by atoms with Gasteiger partial charge in [-0.3, -0.25) is 0 Å². The van der Waals surface area contributed by atoms with Gasteiger partial charge in [0.25, 0.3) is 0 Å². The van der Waals surface area contributed by atoms with Gasteiger partial charge in [0.05, 0.1) is 7.11 Å². The minimum atomic E-state index is -0.351. The van der Waals surface area contributed by atoms with Crippen molar-refractivity contribution in [1.82, 2.24) is 9.55 Å². The summed E-state index contributed by atoms with van der Waals surface area (Å²) in [6.07, 6.45) is 13.1. The van der Waals surface area contributed by atoms with Crippen molar-refractivity contribution in [3.8, 4) is 0 Å². The standard InChI is InChI=1S/C25H29N3O2/c1-28-15-22(17-6-4-3-5-7-17)20-13-19(10-11-23(20)28)27-24-21(25(29)30-2)12-18(14-26-24)16-8-9-16/h10-17H,3-9H2,1-2H3,(H,26,27). The number of ether oxygens (including phenoxy) is 1. The van der Waals surface area contributed by atoms with Crippen LogP contribution in [0.5, 0.6) is 0 Å². The van der Waals surface area contributed by atoms with Crippen LogP contribution in [-0.4, -0.2) is 22.6 Å². The highest BCUT2D eigenvalue weighted by molar-refractivity contribution is 5.96. The fourth-order valence-corrected chi connectivity index (χ4v) is 4.86. The van der Waals surface area contributed by atoms with Crippen molar-refractivity contribution in [2.75, 3.05) is 12.4 Å². The van der Waals surface area contributed by atoms with Gasteiger partial charge in [0.15, 0.2) is 0 Å². The van der Waals surface area contributed by atoms with Crippen molar-refractivity contribution in [2.24, 2.45) is 7.05 Å². The van der Waals surface area contributed by atoms with E-state index in [9.17, 15) is 4.79 Å². The summed E-state index contributed by atoms with van der Waals surface area (Å²) in [6, 6.07) is 8.36. The third-order valence-corrected chi connectivity index (χ3v) is 6.69. The van der Waals surface area contributed by atoms with Gasteiger partial charge in [0.1, 0.15) is 11.4 Å². The number of nitrogens with zero attached hydrogens (tertiary/aromatic N) is 2. The molecule has 2 fully saturated rings. The van der Waals surface area contributed by atoms with Crippen LogP contribution >= 0.6 is 0 Å². The van der Waals surface area contributed by atoms with Gasteiger partial charge in [-0.2, -0.15) is 0 Å². The minimum absolute atomic E-state index is 0.351. The van der Waals surface area contributed by atoms with Gasteiger partial charge < -0.3 is 14.6 Å². The highest BCUT2D eigenvalue weighted by Gasteiger charge is 2.26. The quantitative estimate of drug-likeness (QED) is 0.529. The lowest BCUT2D eigenvalue weighted by atomic mass is 9.84.